The molecule has 0 aliphatic carbocycles. The smallest absolute Gasteiger partial charge is 0.271 e. The van der Waals surface area contributed by atoms with Crippen LogP contribution in [0.15, 0.2) is 28.3 Å². The second-order valence-corrected chi connectivity index (χ2v) is 8.13. The van der Waals surface area contributed by atoms with Gasteiger partial charge in [-0.05, 0) is 11.8 Å². The van der Waals surface area contributed by atoms with Gasteiger partial charge < -0.3 is 15.0 Å². The number of nitrogens with zero attached hydrogens (tertiary/aromatic N) is 7. The number of carbonyl (C=O) groups is 1. The predicted molar refractivity (Wildman–Crippen MR) is 117 cm³/mol. The third-order valence-electron chi connectivity index (χ3n) is 4.84. The Morgan fingerprint density at radius 2 is 2.06 bits per heavy atom. The summed E-state index contributed by atoms with van der Waals surface area (Å²) in [6.07, 6.45) is 1.77. The van der Waals surface area contributed by atoms with Crippen LogP contribution in [0.2, 0.25) is 0 Å². The number of aryl methyl sites for hydroxylation is 1. The number of hydrogen-bond acceptors (Lipinski definition) is 9. The molecule has 12 heteroatoms. The van der Waals surface area contributed by atoms with Crippen LogP contribution in [0.3, 0.4) is 0 Å². The molecule has 0 spiro atoms. The van der Waals surface area contributed by atoms with Gasteiger partial charge in [0.15, 0.2) is 10.8 Å². The Morgan fingerprint density at radius 1 is 1.26 bits per heavy atom. The molecule has 1 aliphatic rings. The molecule has 0 unspecified atom stereocenters. The maximum atomic E-state index is 12.3. The van der Waals surface area contributed by atoms with Crippen molar-refractivity contribution in [1.29, 1.82) is 0 Å². The SMILES string of the molecule is CCSc1nc(N2CCOCC2)c2cnn(CCNC(=O)c3ccc(=O)n(C)n3)c2n1. The van der Waals surface area contributed by atoms with E-state index in [-0.39, 0.29) is 17.2 Å². The highest BCUT2D eigenvalue weighted by atomic mass is 32.2. The molecule has 1 amide bonds. The van der Waals surface area contributed by atoms with Gasteiger partial charge in [0.2, 0.25) is 0 Å². The van der Waals surface area contributed by atoms with Crippen molar-refractivity contribution < 1.29 is 9.53 Å². The second-order valence-electron chi connectivity index (χ2n) is 6.90. The fourth-order valence-corrected chi connectivity index (χ4v) is 3.84. The Hall–Kier alpha value is -2.99. The number of morpholine rings is 1. The molecule has 3 aromatic heterocycles. The Kier molecular flexibility index (Phi) is 6.47. The fourth-order valence-electron chi connectivity index (χ4n) is 3.28. The molecular formula is C19H24N8O3S. The van der Waals surface area contributed by atoms with E-state index < -0.39 is 0 Å². The molecule has 0 bridgehead atoms. The summed E-state index contributed by atoms with van der Waals surface area (Å²) in [5.74, 6) is 1.39. The van der Waals surface area contributed by atoms with Gasteiger partial charge in [-0.2, -0.15) is 10.2 Å². The predicted octanol–water partition coefficient (Wildman–Crippen LogP) is 0.299. The van der Waals surface area contributed by atoms with Gasteiger partial charge in [-0.25, -0.2) is 19.3 Å². The molecule has 1 aliphatic heterocycles. The monoisotopic (exact) mass is 444 g/mol. The van der Waals surface area contributed by atoms with Crippen molar-refractivity contribution in [2.45, 2.75) is 18.6 Å². The molecule has 11 nitrogen and oxygen atoms in total. The number of carbonyl (C=O) groups excluding carboxylic acids is 1. The molecule has 164 valence electrons. The summed E-state index contributed by atoms with van der Waals surface area (Å²) in [5.41, 5.74) is 0.656. The highest BCUT2D eigenvalue weighted by Gasteiger charge is 2.20. The first-order chi connectivity index (χ1) is 15.1. The lowest BCUT2D eigenvalue weighted by Gasteiger charge is -2.28. The summed E-state index contributed by atoms with van der Waals surface area (Å²) in [4.78, 5) is 35.4. The van der Waals surface area contributed by atoms with Crippen molar-refractivity contribution in [3.8, 4) is 0 Å². The van der Waals surface area contributed by atoms with E-state index in [1.807, 2.05) is 0 Å². The minimum absolute atomic E-state index is 0.186. The zero-order chi connectivity index (χ0) is 21.8. The minimum Gasteiger partial charge on any atom is -0.378 e. The molecule has 1 N–H and O–H groups in total. The first-order valence-electron chi connectivity index (χ1n) is 10.1. The number of nitrogens with one attached hydrogen (secondary N) is 1. The van der Waals surface area contributed by atoms with Gasteiger partial charge in [0.25, 0.3) is 11.5 Å². The highest BCUT2D eigenvalue weighted by Crippen LogP contribution is 2.27. The Bertz CT molecular complexity index is 1140. The first kappa shape index (κ1) is 21.2. The molecule has 3 aromatic rings. The molecule has 0 atom stereocenters. The number of amides is 1. The van der Waals surface area contributed by atoms with Gasteiger partial charge in [0.05, 0.1) is 31.3 Å². The van der Waals surface area contributed by atoms with E-state index in [0.29, 0.717) is 31.5 Å². The summed E-state index contributed by atoms with van der Waals surface area (Å²) in [5, 5.41) is 12.8. The van der Waals surface area contributed by atoms with Crippen LogP contribution in [0.1, 0.15) is 17.4 Å². The van der Waals surface area contributed by atoms with E-state index >= 15 is 0 Å². The molecule has 0 aromatic carbocycles. The summed E-state index contributed by atoms with van der Waals surface area (Å²) < 4.78 is 8.37. The molecule has 1 fully saturated rings. The fraction of sp³-hybridized carbons (Fsp3) is 0.474. The van der Waals surface area contributed by atoms with E-state index in [9.17, 15) is 9.59 Å². The van der Waals surface area contributed by atoms with E-state index in [4.69, 9.17) is 9.72 Å². The Balaban J connectivity index is 1.52. The van der Waals surface area contributed by atoms with E-state index in [2.05, 4.69) is 32.3 Å². The van der Waals surface area contributed by atoms with E-state index in [1.54, 1.807) is 22.6 Å². The average Bonchev–Trinajstić information content (AvgIpc) is 3.19. The van der Waals surface area contributed by atoms with Crippen molar-refractivity contribution in [3.63, 3.8) is 0 Å². The molecule has 4 rings (SSSR count). The lowest BCUT2D eigenvalue weighted by Crippen LogP contribution is -2.37. The number of rotatable bonds is 7. The van der Waals surface area contributed by atoms with Gasteiger partial charge in [-0.1, -0.05) is 18.7 Å². The maximum Gasteiger partial charge on any atom is 0.271 e. The van der Waals surface area contributed by atoms with Crippen LogP contribution in [-0.4, -0.2) is 74.0 Å². The number of anilines is 1. The third kappa shape index (κ3) is 4.69. The van der Waals surface area contributed by atoms with Gasteiger partial charge in [-0.3, -0.25) is 9.59 Å². The second kappa shape index (κ2) is 9.43. The lowest BCUT2D eigenvalue weighted by molar-refractivity contribution is 0.0944. The van der Waals surface area contributed by atoms with Crippen LogP contribution in [0.4, 0.5) is 5.82 Å². The van der Waals surface area contributed by atoms with Crippen molar-refractivity contribution >= 4 is 34.5 Å². The first-order valence-corrected chi connectivity index (χ1v) is 11.1. The van der Waals surface area contributed by atoms with Crippen LogP contribution in [0, 0.1) is 0 Å². The minimum atomic E-state index is -0.349. The normalized spacial score (nSPS) is 14.2. The van der Waals surface area contributed by atoms with Crippen LogP contribution in [0.5, 0.6) is 0 Å². The van der Waals surface area contributed by atoms with Crippen molar-refractivity contribution in [2.24, 2.45) is 7.05 Å². The third-order valence-corrected chi connectivity index (χ3v) is 5.57. The van der Waals surface area contributed by atoms with Crippen LogP contribution in [-0.2, 0) is 18.3 Å². The average molecular weight is 445 g/mol. The molecule has 31 heavy (non-hydrogen) atoms. The number of fused-ring (bicyclic) bond motifs is 1. The summed E-state index contributed by atoms with van der Waals surface area (Å²) in [6.45, 7) is 5.73. The summed E-state index contributed by atoms with van der Waals surface area (Å²) in [7, 11) is 1.51. The van der Waals surface area contributed by atoms with Crippen molar-refractivity contribution in [3.05, 3.63) is 34.4 Å². The lowest BCUT2D eigenvalue weighted by atomic mass is 10.3. The van der Waals surface area contributed by atoms with Gasteiger partial charge in [0.1, 0.15) is 11.5 Å². The zero-order valence-corrected chi connectivity index (χ0v) is 18.3. The zero-order valence-electron chi connectivity index (χ0n) is 17.4. The molecular weight excluding hydrogens is 420 g/mol. The summed E-state index contributed by atoms with van der Waals surface area (Å²) >= 11 is 1.58. The number of thioether (sulfide) groups is 1. The largest absolute Gasteiger partial charge is 0.378 e. The van der Waals surface area contributed by atoms with Gasteiger partial charge in [-0.15, -0.1) is 0 Å². The Morgan fingerprint density at radius 3 is 2.81 bits per heavy atom. The van der Waals surface area contributed by atoms with Crippen molar-refractivity contribution in [2.75, 3.05) is 43.5 Å². The number of ether oxygens (including phenoxy) is 1. The molecule has 0 radical (unpaired) electrons. The number of hydrogen-bond donors (Lipinski definition) is 1. The van der Waals surface area contributed by atoms with Gasteiger partial charge in [0, 0.05) is 32.7 Å². The van der Waals surface area contributed by atoms with E-state index in [0.717, 1.165) is 40.4 Å². The highest BCUT2D eigenvalue weighted by molar-refractivity contribution is 7.99. The molecule has 4 heterocycles. The van der Waals surface area contributed by atoms with Crippen molar-refractivity contribution in [1.82, 2.24) is 34.8 Å². The Labute approximate surface area is 182 Å². The van der Waals surface area contributed by atoms with Crippen LogP contribution in [0.25, 0.3) is 11.0 Å². The van der Waals surface area contributed by atoms with Gasteiger partial charge >= 0.3 is 0 Å². The molecule has 0 saturated carbocycles. The number of aromatic nitrogens is 6. The maximum absolute atomic E-state index is 12.3. The quantitative estimate of drug-likeness (QED) is 0.405. The summed E-state index contributed by atoms with van der Waals surface area (Å²) in [6, 6.07) is 2.73. The topological polar surface area (TPSA) is 120 Å². The van der Waals surface area contributed by atoms with Crippen LogP contribution < -0.4 is 15.8 Å². The van der Waals surface area contributed by atoms with E-state index in [1.165, 1.54) is 19.2 Å². The molecule has 1 saturated heterocycles. The standard InChI is InChI=1S/C19H24N8O3S/c1-3-31-19-22-16(26-8-10-30-11-9-26)13-12-21-27(17(13)23-19)7-6-20-18(29)14-4-5-15(28)25(2)24-14/h4-5,12H,3,6-11H2,1-2H3,(H,20,29). The van der Waals surface area contributed by atoms with Crippen LogP contribution >= 0.6 is 11.8 Å².